The van der Waals surface area contributed by atoms with Crippen molar-refractivity contribution in [2.75, 3.05) is 13.2 Å². The van der Waals surface area contributed by atoms with Crippen molar-refractivity contribution in [1.82, 2.24) is 5.32 Å². The van der Waals surface area contributed by atoms with Crippen LogP contribution in [0.4, 0.5) is 0 Å². The minimum Gasteiger partial charge on any atom is -0.395 e. The second-order valence-electron chi connectivity index (χ2n) is 14.4. The summed E-state index contributed by atoms with van der Waals surface area (Å²) >= 11 is 4.84. The Morgan fingerprint density at radius 2 is 1.83 bits per heavy atom. The van der Waals surface area contributed by atoms with Crippen molar-refractivity contribution >= 4 is 12.6 Å². The Bertz CT molecular complexity index is 754. The third-order valence-corrected chi connectivity index (χ3v) is 12.1. The summed E-state index contributed by atoms with van der Waals surface area (Å²) in [7, 11) is 0. The van der Waals surface area contributed by atoms with E-state index in [1.165, 1.54) is 70.6 Å². The lowest BCUT2D eigenvalue weighted by molar-refractivity contribution is -0.0497. The fourth-order valence-electron chi connectivity index (χ4n) is 9.60. The van der Waals surface area contributed by atoms with Crippen molar-refractivity contribution in [1.29, 1.82) is 0 Å². The summed E-state index contributed by atoms with van der Waals surface area (Å²) in [4.78, 5) is 0. The van der Waals surface area contributed by atoms with Gasteiger partial charge in [-0.2, -0.15) is 12.6 Å². The molecule has 208 valence electrons. The van der Waals surface area contributed by atoms with E-state index >= 15 is 0 Å². The molecule has 4 heteroatoms. The fraction of sp³-hybridized carbons (Fsp3) is 0.938. The molecule has 0 radical (unpaired) electrons. The van der Waals surface area contributed by atoms with Gasteiger partial charge in [0.25, 0.3) is 0 Å². The van der Waals surface area contributed by atoms with Crippen molar-refractivity contribution in [2.45, 2.75) is 129 Å². The molecule has 5 aliphatic rings. The molecule has 3 saturated carbocycles. The lowest BCUT2D eigenvalue weighted by atomic mass is 9.47. The highest BCUT2D eigenvalue weighted by atomic mass is 32.1. The summed E-state index contributed by atoms with van der Waals surface area (Å²) in [5.74, 6) is 5.70. The van der Waals surface area contributed by atoms with Crippen molar-refractivity contribution in [3.63, 3.8) is 0 Å². The number of nitrogens with one attached hydrogen (secondary N) is 1. The number of aliphatic hydroxyl groups is 2. The standard InChI is InChI=1S/C27H46S.C5H11NO2/c1-18(2)7-6-8-19(3)23-11-12-24-22-10-9-20-17-21(28)13-15-26(20,4)25(22)14-16-27(23,24)5;7-3-4-1-5(8)2-6-4/h9,18-19,21-25,28H,6-8,10-17H2,1-5H3;4-8H,1-3H2/t19-,21+,22+,23-,24+,25+,26+,27-;4-,5?/m10/s1. The van der Waals surface area contributed by atoms with E-state index in [-0.39, 0.29) is 18.8 Å². The molecule has 0 amide bonds. The highest BCUT2D eigenvalue weighted by molar-refractivity contribution is 7.80. The SMILES string of the molecule is CC(C)CCC[C@@H](C)[C@H]1CC[C@H]2[C@@H]3CC=C4C[C@@H](S)CC[C@]4(C)[C@H]3CC[C@]12C.OC[C@@H]1CC(O)CN1. The van der Waals surface area contributed by atoms with Crippen LogP contribution in [-0.4, -0.2) is 40.8 Å². The summed E-state index contributed by atoms with van der Waals surface area (Å²) in [6.45, 7) is 13.5. The molecule has 1 saturated heterocycles. The first-order valence-electron chi connectivity index (χ1n) is 15.5. The van der Waals surface area contributed by atoms with E-state index in [0.29, 0.717) is 29.0 Å². The molecule has 0 aromatic heterocycles. The second kappa shape index (κ2) is 12.0. The Morgan fingerprint density at radius 1 is 1.06 bits per heavy atom. The van der Waals surface area contributed by atoms with Crippen LogP contribution in [0.25, 0.3) is 0 Å². The van der Waals surface area contributed by atoms with Gasteiger partial charge in [0, 0.05) is 17.8 Å². The van der Waals surface area contributed by atoms with Gasteiger partial charge in [-0.05, 0) is 104 Å². The summed E-state index contributed by atoms with van der Waals surface area (Å²) in [6, 6.07) is 0.130. The maximum Gasteiger partial charge on any atom is 0.0680 e. The van der Waals surface area contributed by atoms with E-state index < -0.39 is 0 Å². The summed E-state index contributed by atoms with van der Waals surface area (Å²) in [5, 5.41) is 20.9. The first kappa shape index (κ1) is 29.0. The smallest absolute Gasteiger partial charge is 0.0680 e. The highest BCUT2D eigenvalue weighted by Gasteiger charge is 2.58. The molecule has 5 rings (SSSR count). The summed E-state index contributed by atoms with van der Waals surface area (Å²) in [5.41, 5.74) is 2.92. The fourth-order valence-corrected chi connectivity index (χ4v) is 9.93. The van der Waals surface area contributed by atoms with Gasteiger partial charge in [-0.3, -0.25) is 0 Å². The van der Waals surface area contributed by atoms with E-state index in [2.05, 4.69) is 46.0 Å². The molecule has 1 unspecified atom stereocenters. The predicted molar refractivity (Wildman–Crippen MR) is 155 cm³/mol. The molecule has 4 fully saturated rings. The molecule has 3 N–H and O–H groups in total. The maximum absolute atomic E-state index is 8.86. The number of allylic oxidation sites excluding steroid dienone is 2. The van der Waals surface area contributed by atoms with Crippen LogP contribution in [0.3, 0.4) is 0 Å². The van der Waals surface area contributed by atoms with Crippen LogP contribution in [0.1, 0.15) is 112 Å². The van der Waals surface area contributed by atoms with Crippen LogP contribution in [0, 0.1) is 46.3 Å². The first-order chi connectivity index (χ1) is 17.1. The minimum absolute atomic E-state index is 0.130. The third kappa shape index (κ3) is 5.92. The predicted octanol–water partition coefficient (Wildman–Crippen LogP) is 7.03. The molecule has 0 spiro atoms. The zero-order chi connectivity index (χ0) is 26.1. The highest BCUT2D eigenvalue weighted by Crippen LogP contribution is 2.67. The molecule has 0 aromatic carbocycles. The van der Waals surface area contributed by atoms with Gasteiger partial charge in [0.1, 0.15) is 0 Å². The molecule has 36 heavy (non-hydrogen) atoms. The van der Waals surface area contributed by atoms with Crippen LogP contribution < -0.4 is 5.32 Å². The number of hydrogen-bond donors (Lipinski definition) is 4. The molecule has 4 aliphatic carbocycles. The van der Waals surface area contributed by atoms with E-state index in [1.54, 1.807) is 5.57 Å². The number of hydrogen-bond acceptors (Lipinski definition) is 4. The monoisotopic (exact) mass is 519 g/mol. The van der Waals surface area contributed by atoms with Gasteiger partial charge in [0.05, 0.1) is 12.7 Å². The molecule has 1 aliphatic heterocycles. The van der Waals surface area contributed by atoms with Gasteiger partial charge < -0.3 is 15.5 Å². The van der Waals surface area contributed by atoms with Gasteiger partial charge >= 0.3 is 0 Å². The lowest BCUT2D eigenvalue weighted by Gasteiger charge is -2.58. The van der Waals surface area contributed by atoms with Gasteiger partial charge in [-0.15, -0.1) is 0 Å². The molecule has 1 heterocycles. The average Bonchev–Trinajstić information content (AvgIpc) is 3.42. The number of rotatable bonds is 6. The molecular weight excluding hydrogens is 462 g/mol. The van der Waals surface area contributed by atoms with Crippen LogP contribution in [0.15, 0.2) is 11.6 Å². The normalized spacial score (nSPS) is 44.7. The average molecular weight is 520 g/mol. The lowest BCUT2D eigenvalue weighted by Crippen LogP contribution is -2.50. The van der Waals surface area contributed by atoms with E-state index in [1.807, 2.05) is 0 Å². The van der Waals surface area contributed by atoms with Crippen LogP contribution in [0.5, 0.6) is 0 Å². The van der Waals surface area contributed by atoms with Gasteiger partial charge in [-0.1, -0.05) is 65.5 Å². The molecule has 0 bridgehead atoms. The number of fused-ring (bicyclic) bond motifs is 5. The number of thiol groups is 1. The first-order valence-corrected chi connectivity index (χ1v) is 16.0. The largest absolute Gasteiger partial charge is 0.395 e. The zero-order valence-corrected chi connectivity index (χ0v) is 24.9. The summed E-state index contributed by atoms with van der Waals surface area (Å²) < 4.78 is 0. The quantitative estimate of drug-likeness (QED) is 0.225. The Labute approximate surface area is 228 Å². The number of aliphatic hydroxyl groups excluding tert-OH is 2. The van der Waals surface area contributed by atoms with Crippen molar-refractivity contribution in [2.24, 2.45) is 46.3 Å². The number of β-amino-alcohol motifs (C(OH)–C–C–N with tert-alkyl or cyclic N) is 1. The van der Waals surface area contributed by atoms with E-state index in [0.717, 1.165) is 35.5 Å². The second-order valence-corrected chi connectivity index (χ2v) is 15.1. The van der Waals surface area contributed by atoms with Gasteiger partial charge in [0.15, 0.2) is 0 Å². The third-order valence-electron chi connectivity index (χ3n) is 11.7. The van der Waals surface area contributed by atoms with Crippen molar-refractivity contribution in [3.8, 4) is 0 Å². The Balaban J connectivity index is 0.000000325. The van der Waals surface area contributed by atoms with Crippen LogP contribution in [0.2, 0.25) is 0 Å². The minimum atomic E-state index is -0.243. The Hall–Kier alpha value is -0.0300. The topological polar surface area (TPSA) is 52.5 Å². The maximum atomic E-state index is 8.86. The van der Waals surface area contributed by atoms with Gasteiger partial charge in [-0.25, -0.2) is 0 Å². The van der Waals surface area contributed by atoms with Crippen molar-refractivity contribution < 1.29 is 10.2 Å². The molecule has 0 aromatic rings. The van der Waals surface area contributed by atoms with Crippen LogP contribution >= 0.6 is 12.6 Å². The van der Waals surface area contributed by atoms with Gasteiger partial charge in [0.2, 0.25) is 0 Å². The van der Waals surface area contributed by atoms with E-state index in [9.17, 15) is 0 Å². The molecule has 3 nitrogen and oxygen atoms in total. The van der Waals surface area contributed by atoms with Crippen molar-refractivity contribution in [3.05, 3.63) is 11.6 Å². The van der Waals surface area contributed by atoms with Crippen LogP contribution in [-0.2, 0) is 0 Å². The molecular formula is C32H57NO2S. The summed E-state index contributed by atoms with van der Waals surface area (Å²) in [6.07, 6.45) is 18.9. The Kier molecular flexibility index (Phi) is 9.66. The molecule has 10 atom stereocenters. The Morgan fingerprint density at radius 3 is 2.47 bits per heavy atom. The zero-order valence-electron chi connectivity index (χ0n) is 24.0. The van der Waals surface area contributed by atoms with E-state index in [4.69, 9.17) is 22.8 Å².